The SMILES string of the molecule is COc1cccc(CC(=O)Nc2cc(-c3ccncc3)n[nH]2)c1. The van der Waals surface area contributed by atoms with E-state index in [1.54, 1.807) is 25.6 Å². The lowest BCUT2D eigenvalue weighted by Gasteiger charge is -2.04. The summed E-state index contributed by atoms with van der Waals surface area (Å²) in [7, 11) is 1.60. The molecule has 3 rings (SSSR count). The molecular weight excluding hydrogens is 292 g/mol. The van der Waals surface area contributed by atoms with E-state index in [2.05, 4.69) is 20.5 Å². The van der Waals surface area contributed by atoms with Crippen LogP contribution < -0.4 is 10.1 Å². The number of carbonyl (C=O) groups excluding carboxylic acids is 1. The lowest BCUT2D eigenvalue weighted by Crippen LogP contribution is -2.14. The van der Waals surface area contributed by atoms with Gasteiger partial charge in [0.05, 0.1) is 19.2 Å². The van der Waals surface area contributed by atoms with Crippen LogP contribution in [-0.2, 0) is 11.2 Å². The third-order valence-corrected chi connectivity index (χ3v) is 3.33. The van der Waals surface area contributed by atoms with E-state index in [1.807, 2.05) is 36.4 Å². The topological polar surface area (TPSA) is 79.9 Å². The zero-order valence-corrected chi connectivity index (χ0v) is 12.6. The van der Waals surface area contributed by atoms with Gasteiger partial charge in [0, 0.05) is 24.0 Å². The van der Waals surface area contributed by atoms with E-state index in [0.29, 0.717) is 5.82 Å². The number of rotatable bonds is 5. The van der Waals surface area contributed by atoms with Gasteiger partial charge in [-0.3, -0.25) is 14.9 Å². The molecule has 2 N–H and O–H groups in total. The van der Waals surface area contributed by atoms with Crippen molar-refractivity contribution in [2.45, 2.75) is 6.42 Å². The van der Waals surface area contributed by atoms with Crippen LogP contribution in [0.4, 0.5) is 5.82 Å². The number of anilines is 1. The fraction of sp³-hybridized carbons (Fsp3) is 0.118. The predicted molar refractivity (Wildman–Crippen MR) is 87.1 cm³/mol. The van der Waals surface area contributed by atoms with Crippen molar-refractivity contribution in [1.29, 1.82) is 0 Å². The molecule has 0 saturated carbocycles. The zero-order chi connectivity index (χ0) is 16.1. The Kier molecular flexibility index (Phi) is 4.33. The highest BCUT2D eigenvalue weighted by Crippen LogP contribution is 2.19. The first-order chi connectivity index (χ1) is 11.2. The van der Waals surface area contributed by atoms with Crippen molar-refractivity contribution in [2.75, 3.05) is 12.4 Å². The van der Waals surface area contributed by atoms with Gasteiger partial charge in [0.2, 0.25) is 5.91 Å². The highest BCUT2D eigenvalue weighted by molar-refractivity contribution is 5.91. The third kappa shape index (κ3) is 3.74. The maximum Gasteiger partial charge on any atom is 0.229 e. The Morgan fingerprint density at radius 2 is 2.04 bits per heavy atom. The number of aromatic amines is 1. The number of methoxy groups -OCH3 is 1. The molecule has 0 unspecified atom stereocenters. The second-order valence-electron chi connectivity index (χ2n) is 4.98. The fourth-order valence-electron chi connectivity index (χ4n) is 2.22. The highest BCUT2D eigenvalue weighted by atomic mass is 16.5. The molecule has 0 fully saturated rings. The molecule has 0 spiro atoms. The van der Waals surface area contributed by atoms with Crippen LogP contribution >= 0.6 is 0 Å². The molecule has 0 bridgehead atoms. The number of pyridine rings is 1. The monoisotopic (exact) mass is 308 g/mol. The van der Waals surface area contributed by atoms with Gasteiger partial charge in [-0.05, 0) is 29.8 Å². The number of nitrogens with one attached hydrogen (secondary N) is 2. The largest absolute Gasteiger partial charge is 0.497 e. The summed E-state index contributed by atoms with van der Waals surface area (Å²) in [5.41, 5.74) is 2.57. The number of benzene rings is 1. The summed E-state index contributed by atoms with van der Waals surface area (Å²) >= 11 is 0. The van der Waals surface area contributed by atoms with E-state index in [0.717, 1.165) is 22.6 Å². The summed E-state index contributed by atoms with van der Waals surface area (Å²) in [5.74, 6) is 1.17. The smallest absolute Gasteiger partial charge is 0.229 e. The maximum absolute atomic E-state index is 12.1. The van der Waals surface area contributed by atoms with Crippen molar-refractivity contribution in [3.8, 4) is 17.0 Å². The minimum Gasteiger partial charge on any atom is -0.497 e. The third-order valence-electron chi connectivity index (χ3n) is 3.33. The van der Waals surface area contributed by atoms with E-state index < -0.39 is 0 Å². The summed E-state index contributed by atoms with van der Waals surface area (Å²) in [6.45, 7) is 0. The molecular formula is C17H16N4O2. The fourth-order valence-corrected chi connectivity index (χ4v) is 2.22. The summed E-state index contributed by atoms with van der Waals surface area (Å²) in [4.78, 5) is 16.1. The van der Waals surface area contributed by atoms with E-state index in [-0.39, 0.29) is 12.3 Å². The standard InChI is InChI=1S/C17H16N4O2/c1-23-14-4-2-3-12(9-14)10-17(22)19-16-11-15(20-21-16)13-5-7-18-8-6-13/h2-9,11H,10H2,1H3,(H2,19,20,21,22). The second-order valence-corrected chi connectivity index (χ2v) is 4.98. The quantitative estimate of drug-likeness (QED) is 0.759. The van der Waals surface area contributed by atoms with E-state index in [9.17, 15) is 4.79 Å². The number of amides is 1. The Labute approximate surface area is 133 Å². The van der Waals surface area contributed by atoms with Crippen LogP contribution in [-0.4, -0.2) is 28.2 Å². The van der Waals surface area contributed by atoms with Crippen molar-refractivity contribution in [3.05, 3.63) is 60.4 Å². The molecule has 2 heterocycles. The van der Waals surface area contributed by atoms with Gasteiger partial charge < -0.3 is 10.1 Å². The Morgan fingerprint density at radius 3 is 2.83 bits per heavy atom. The van der Waals surface area contributed by atoms with Crippen molar-refractivity contribution in [1.82, 2.24) is 15.2 Å². The lowest BCUT2D eigenvalue weighted by molar-refractivity contribution is -0.115. The number of H-pyrrole nitrogens is 1. The van der Waals surface area contributed by atoms with Crippen LogP contribution in [0.2, 0.25) is 0 Å². The average Bonchev–Trinajstić information content (AvgIpc) is 3.04. The van der Waals surface area contributed by atoms with Gasteiger partial charge in [-0.15, -0.1) is 0 Å². The van der Waals surface area contributed by atoms with Gasteiger partial charge in [0.25, 0.3) is 0 Å². The first kappa shape index (κ1) is 14.8. The van der Waals surface area contributed by atoms with Crippen molar-refractivity contribution >= 4 is 11.7 Å². The minimum atomic E-state index is -0.122. The number of carbonyl (C=O) groups is 1. The molecule has 1 amide bonds. The molecule has 0 saturated heterocycles. The minimum absolute atomic E-state index is 0.122. The number of ether oxygens (including phenoxy) is 1. The maximum atomic E-state index is 12.1. The molecule has 6 heteroatoms. The Hall–Kier alpha value is -3.15. The van der Waals surface area contributed by atoms with Crippen LogP contribution in [0.15, 0.2) is 54.9 Å². The van der Waals surface area contributed by atoms with Gasteiger partial charge in [-0.1, -0.05) is 12.1 Å². The first-order valence-electron chi connectivity index (χ1n) is 7.13. The second kappa shape index (κ2) is 6.74. The normalized spacial score (nSPS) is 10.3. The van der Waals surface area contributed by atoms with Gasteiger partial charge in [-0.2, -0.15) is 5.10 Å². The van der Waals surface area contributed by atoms with Gasteiger partial charge in [0.1, 0.15) is 11.6 Å². The van der Waals surface area contributed by atoms with Crippen molar-refractivity contribution < 1.29 is 9.53 Å². The van der Waals surface area contributed by atoms with Crippen LogP contribution in [0.3, 0.4) is 0 Å². The highest BCUT2D eigenvalue weighted by Gasteiger charge is 2.08. The van der Waals surface area contributed by atoms with E-state index >= 15 is 0 Å². The average molecular weight is 308 g/mol. The molecule has 116 valence electrons. The Morgan fingerprint density at radius 1 is 1.22 bits per heavy atom. The van der Waals surface area contributed by atoms with Gasteiger partial charge >= 0.3 is 0 Å². The first-order valence-corrected chi connectivity index (χ1v) is 7.13. The molecule has 3 aromatic rings. The number of aromatic nitrogens is 3. The lowest BCUT2D eigenvalue weighted by atomic mass is 10.1. The van der Waals surface area contributed by atoms with Crippen LogP contribution in [0.1, 0.15) is 5.56 Å². The summed E-state index contributed by atoms with van der Waals surface area (Å²) < 4.78 is 5.15. The molecule has 0 aliphatic heterocycles. The van der Waals surface area contributed by atoms with E-state index in [4.69, 9.17) is 4.74 Å². The van der Waals surface area contributed by atoms with Gasteiger partial charge in [0.15, 0.2) is 0 Å². The van der Waals surface area contributed by atoms with Crippen LogP contribution in [0, 0.1) is 0 Å². The predicted octanol–water partition coefficient (Wildman–Crippen LogP) is 2.66. The van der Waals surface area contributed by atoms with Crippen molar-refractivity contribution in [3.63, 3.8) is 0 Å². The molecule has 0 aliphatic rings. The number of nitrogens with zero attached hydrogens (tertiary/aromatic N) is 2. The van der Waals surface area contributed by atoms with Crippen LogP contribution in [0.5, 0.6) is 5.75 Å². The number of hydrogen-bond acceptors (Lipinski definition) is 4. The van der Waals surface area contributed by atoms with Crippen LogP contribution in [0.25, 0.3) is 11.3 Å². The van der Waals surface area contributed by atoms with E-state index in [1.165, 1.54) is 0 Å². The molecule has 2 aromatic heterocycles. The Balaban J connectivity index is 1.65. The molecule has 23 heavy (non-hydrogen) atoms. The van der Waals surface area contributed by atoms with Crippen molar-refractivity contribution in [2.24, 2.45) is 0 Å². The van der Waals surface area contributed by atoms with Gasteiger partial charge in [-0.25, -0.2) is 0 Å². The summed E-state index contributed by atoms with van der Waals surface area (Å²) in [5, 5.41) is 9.81. The molecule has 0 atom stereocenters. The molecule has 1 aromatic carbocycles. The molecule has 6 nitrogen and oxygen atoms in total. The summed E-state index contributed by atoms with van der Waals surface area (Å²) in [6, 6.07) is 12.9. The summed E-state index contributed by atoms with van der Waals surface area (Å²) in [6.07, 6.45) is 3.66. The Bertz CT molecular complexity index is 799. The molecule has 0 radical (unpaired) electrons. The molecule has 0 aliphatic carbocycles. The number of hydrogen-bond donors (Lipinski definition) is 2. The zero-order valence-electron chi connectivity index (χ0n) is 12.6.